The van der Waals surface area contributed by atoms with Gasteiger partial charge in [0.15, 0.2) is 0 Å². The third-order valence-electron chi connectivity index (χ3n) is 3.84. The van der Waals surface area contributed by atoms with Crippen molar-refractivity contribution in [3.05, 3.63) is 23.4 Å². The Bertz CT molecular complexity index is 510. The number of ether oxygens (including phenoxy) is 1. The van der Waals surface area contributed by atoms with Crippen molar-refractivity contribution in [3.63, 3.8) is 0 Å². The highest BCUT2D eigenvalue weighted by Gasteiger charge is 2.52. The molecular formula is C13H16N4O. The van der Waals surface area contributed by atoms with Crippen molar-refractivity contribution >= 4 is 5.82 Å². The lowest BCUT2D eigenvalue weighted by molar-refractivity contribution is 0.00523. The van der Waals surface area contributed by atoms with E-state index in [2.05, 4.69) is 16.4 Å². The molecule has 3 rings (SSSR count). The van der Waals surface area contributed by atoms with Gasteiger partial charge in [0.1, 0.15) is 5.82 Å². The molecule has 1 aromatic rings. The van der Waals surface area contributed by atoms with Gasteiger partial charge in [-0.1, -0.05) is 0 Å². The third kappa shape index (κ3) is 1.74. The third-order valence-corrected chi connectivity index (χ3v) is 3.84. The van der Waals surface area contributed by atoms with Crippen molar-refractivity contribution in [3.8, 4) is 6.07 Å². The van der Waals surface area contributed by atoms with Gasteiger partial charge >= 0.3 is 0 Å². The fraction of sp³-hybridized carbons (Fsp3) is 0.538. The van der Waals surface area contributed by atoms with Crippen LogP contribution in [0, 0.1) is 24.2 Å². The Balaban J connectivity index is 1.77. The minimum absolute atomic E-state index is 0.110. The SMILES string of the molecule is Cc1cc(C#N)cc(NC2C(N)C3CCOC32)n1. The smallest absolute Gasteiger partial charge is 0.127 e. The number of nitrogens with two attached hydrogens (primary N) is 1. The lowest BCUT2D eigenvalue weighted by Gasteiger charge is -2.45. The van der Waals surface area contributed by atoms with Gasteiger partial charge in [0.05, 0.1) is 23.8 Å². The van der Waals surface area contributed by atoms with Gasteiger partial charge in [-0.05, 0) is 25.5 Å². The number of nitrogens with one attached hydrogen (secondary N) is 1. The number of hydrogen-bond acceptors (Lipinski definition) is 5. The van der Waals surface area contributed by atoms with E-state index in [1.807, 2.05) is 6.92 Å². The highest BCUT2D eigenvalue weighted by Crippen LogP contribution is 2.39. The number of anilines is 1. The van der Waals surface area contributed by atoms with Gasteiger partial charge in [0, 0.05) is 24.3 Å². The second-order valence-electron chi connectivity index (χ2n) is 5.03. The van der Waals surface area contributed by atoms with E-state index in [9.17, 15) is 0 Å². The van der Waals surface area contributed by atoms with Crippen LogP contribution in [0.2, 0.25) is 0 Å². The summed E-state index contributed by atoms with van der Waals surface area (Å²) in [6, 6.07) is 5.87. The largest absolute Gasteiger partial charge is 0.376 e. The van der Waals surface area contributed by atoms with Crippen LogP contribution in [0.1, 0.15) is 17.7 Å². The first-order valence-electron chi connectivity index (χ1n) is 6.21. The Morgan fingerprint density at radius 3 is 3.17 bits per heavy atom. The molecule has 0 amide bonds. The molecule has 1 aliphatic heterocycles. The fourth-order valence-electron chi connectivity index (χ4n) is 2.91. The molecule has 0 bridgehead atoms. The van der Waals surface area contributed by atoms with E-state index in [1.54, 1.807) is 12.1 Å². The van der Waals surface area contributed by atoms with Gasteiger partial charge < -0.3 is 15.8 Å². The summed E-state index contributed by atoms with van der Waals surface area (Å²) >= 11 is 0. The fourth-order valence-corrected chi connectivity index (χ4v) is 2.91. The summed E-state index contributed by atoms with van der Waals surface area (Å²) in [5.74, 6) is 1.18. The van der Waals surface area contributed by atoms with E-state index in [0.717, 1.165) is 18.7 Å². The minimum Gasteiger partial charge on any atom is -0.376 e. The molecule has 2 heterocycles. The molecule has 4 unspecified atom stereocenters. The molecule has 4 atom stereocenters. The van der Waals surface area contributed by atoms with E-state index in [1.165, 1.54) is 0 Å². The van der Waals surface area contributed by atoms with Crippen molar-refractivity contribution < 1.29 is 4.74 Å². The molecule has 0 aromatic carbocycles. The van der Waals surface area contributed by atoms with Crippen molar-refractivity contribution in [2.24, 2.45) is 11.7 Å². The number of rotatable bonds is 2. The van der Waals surface area contributed by atoms with Gasteiger partial charge in [-0.3, -0.25) is 0 Å². The van der Waals surface area contributed by atoms with Crippen molar-refractivity contribution in [1.29, 1.82) is 5.26 Å². The zero-order chi connectivity index (χ0) is 12.7. The summed E-state index contributed by atoms with van der Waals surface area (Å²) in [6.07, 6.45) is 1.25. The van der Waals surface area contributed by atoms with Crippen LogP contribution in [0.3, 0.4) is 0 Å². The van der Waals surface area contributed by atoms with Crippen LogP contribution in [0.4, 0.5) is 5.82 Å². The summed E-state index contributed by atoms with van der Waals surface area (Å²) in [4.78, 5) is 4.38. The van der Waals surface area contributed by atoms with Crippen molar-refractivity contribution in [1.82, 2.24) is 4.98 Å². The summed E-state index contributed by atoms with van der Waals surface area (Å²) in [5.41, 5.74) is 7.57. The van der Waals surface area contributed by atoms with E-state index >= 15 is 0 Å². The molecule has 3 N–H and O–H groups in total. The van der Waals surface area contributed by atoms with Crippen molar-refractivity contribution in [2.75, 3.05) is 11.9 Å². The Kier molecular flexibility index (Phi) is 2.69. The number of nitriles is 1. The van der Waals surface area contributed by atoms with Gasteiger partial charge in [-0.2, -0.15) is 5.26 Å². The first-order valence-corrected chi connectivity index (χ1v) is 6.21. The molecule has 5 heteroatoms. The van der Waals surface area contributed by atoms with E-state index in [4.69, 9.17) is 15.7 Å². The van der Waals surface area contributed by atoms with E-state index in [-0.39, 0.29) is 18.2 Å². The predicted molar refractivity (Wildman–Crippen MR) is 66.9 cm³/mol. The summed E-state index contributed by atoms with van der Waals surface area (Å²) in [5, 5.41) is 12.2. The van der Waals surface area contributed by atoms with Gasteiger partial charge in [0.25, 0.3) is 0 Å². The first-order chi connectivity index (χ1) is 8.69. The maximum atomic E-state index is 8.94. The maximum absolute atomic E-state index is 8.94. The zero-order valence-electron chi connectivity index (χ0n) is 10.3. The molecule has 18 heavy (non-hydrogen) atoms. The molecule has 2 aliphatic rings. The Morgan fingerprint density at radius 1 is 1.56 bits per heavy atom. The Hall–Kier alpha value is -1.64. The molecule has 0 radical (unpaired) electrons. The van der Waals surface area contributed by atoms with Gasteiger partial charge in [-0.15, -0.1) is 0 Å². The number of aromatic nitrogens is 1. The molecule has 94 valence electrons. The quantitative estimate of drug-likeness (QED) is 0.803. The summed E-state index contributed by atoms with van der Waals surface area (Å²) < 4.78 is 5.66. The summed E-state index contributed by atoms with van der Waals surface area (Å²) in [6.45, 7) is 2.67. The monoisotopic (exact) mass is 244 g/mol. The molecule has 1 saturated heterocycles. The molecular weight excluding hydrogens is 228 g/mol. The molecule has 5 nitrogen and oxygen atoms in total. The van der Waals surface area contributed by atoms with Gasteiger partial charge in [0.2, 0.25) is 0 Å². The number of fused-ring (bicyclic) bond motifs is 1. The highest BCUT2D eigenvalue weighted by molar-refractivity contribution is 5.46. The van der Waals surface area contributed by atoms with Crippen LogP contribution >= 0.6 is 0 Å². The zero-order valence-corrected chi connectivity index (χ0v) is 10.3. The molecule has 1 aliphatic carbocycles. The number of aryl methyl sites for hydroxylation is 1. The Labute approximate surface area is 106 Å². The molecule has 1 aromatic heterocycles. The van der Waals surface area contributed by atoms with E-state index in [0.29, 0.717) is 17.3 Å². The second kappa shape index (κ2) is 4.23. The lowest BCUT2D eigenvalue weighted by atomic mass is 9.72. The average Bonchev–Trinajstić information content (AvgIpc) is 2.80. The minimum atomic E-state index is 0.110. The van der Waals surface area contributed by atoms with Crippen LogP contribution in [0.25, 0.3) is 0 Å². The Morgan fingerprint density at radius 2 is 2.39 bits per heavy atom. The molecule has 2 fully saturated rings. The first kappa shape index (κ1) is 11.5. The van der Waals surface area contributed by atoms with Crippen LogP contribution < -0.4 is 11.1 Å². The molecule has 0 spiro atoms. The van der Waals surface area contributed by atoms with Crippen LogP contribution in [0.15, 0.2) is 12.1 Å². The number of hydrogen-bond donors (Lipinski definition) is 2. The van der Waals surface area contributed by atoms with Crippen molar-refractivity contribution in [2.45, 2.75) is 31.5 Å². The maximum Gasteiger partial charge on any atom is 0.127 e. The lowest BCUT2D eigenvalue weighted by Crippen LogP contribution is -2.65. The topological polar surface area (TPSA) is 84.0 Å². The summed E-state index contributed by atoms with van der Waals surface area (Å²) in [7, 11) is 0. The standard InChI is InChI=1S/C13H16N4O/c1-7-4-8(6-14)5-10(16-7)17-12-11(15)9-2-3-18-13(9)12/h4-5,9,11-13H,2-3,15H2,1H3,(H,16,17). The average molecular weight is 244 g/mol. The van der Waals surface area contributed by atoms with Crippen LogP contribution in [0.5, 0.6) is 0 Å². The number of pyridine rings is 1. The predicted octanol–water partition coefficient (Wildman–Crippen LogP) is 0.788. The number of nitrogens with zero attached hydrogens (tertiary/aromatic N) is 2. The van der Waals surface area contributed by atoms with Gasteiger partial charge in [-0.25, -0.2) is 4.98 Å². The van der Waals surface area contributed by atoms with Crippen LogP contribution in [-0.2, 0) is 4.74 Å². The molecule has 1 saturated carbocycles. The second-order valence-corrected chi connectivity index (χ2v) is 5.03. The van der Waals surface area contributed by atoms with Crippen LogP contribution in [-0.4, -0.2) is 29.8 Å². The van der Waals surface area contributed by atoms with E-state index < -0.39 is 0 Å². The highest BCUT2D eigenvalue weighted by atomic mass is 16.5. The normalized spacial score (nSPS) is 33.4.